The van der Waals surface area contributed by atoms with Gasteiger partial charge in [0.15, 0.2) is 0 Å². The fraction of sp³-hybridized carbons (Fsp3) is 0.923. The predicted octanol–water partition coefficient (Wildman–Crippen LogP) is 0.468. The summed E-state index contributed by atoms with van der Waals surface area (Å²) in [4.78, 5) is 12.2. The summed E-state index contributed by atoms with van der Waals surface area (Å²) in [5.74, 6) is 0.0301. The Balaban J connectivity index is 0.00000220. The molecule has 1 aliphatic carbocycles. The van der Waals surface area contributed by atoms with Crippen molar-refractivity contribution in [2.75, 3.05) is 25.4 Å². The smallest absolute Gasteiger partial charge is 0.225 e. The molecular formula is C13H26ClN3O3S. The molecule has 2 fully saturated rings. The second-order valence-corrected chi connectivity index (χ2v) is 8.25. The minimum Gasteiger partial charge on any atom is -0.354 e. The Morgan fingerprint density at radius 2 is 2.10 bits per heavy atom. The molecule has 1 aliphatic heterocycles. The zero-order valence-electron chi connectivity index (χ0n) is 12.5. The van der Waals surface area contributed by atoms with E-state index in [-0.39, 0.29) is 30.0 Å². The predicted molar refractivity (Wildman–Crippen MR) is 84.8 cm³/mol. The molecule has 1 heterocycles. The zero-order valence-corrected chi connectivity index (χ0v) is 14.1. The van der Waals surface area contributed by atoms with Gasteiger partial charge in [-0.3, -0.25) is 4.79 Å². The second-order valence-electron chi connectivity index (χ2n) is 6.16. The first kappa shape index (κ1) is 18.7. The summed E-state index contributed by atoms with van der Waals surface area (Å²) in [7, 11) is -3.08. The molecule has 1 saturated carbocycles. The number of nitrogens with two attached hydrogens (primary N) is 1. The van der Waals surface area contributed by atoms with Crippen LogP contribution in [0.2, 0.25) is 0 Å². The molecule has 1 amide bonds. The van der Waals surface area contributed by atoms with E-state index in [0.717, 1.165) is 25.7 Å². The zero-order chi connectivity index (χ0) is 14.8. The molecule has 1 saturated heterocycles. The Labute approximate surface area is 133 Å². The van der Waals surface area contributed by atoms with Crippen LogP contribution >= 0.6 is 12.4 Å². The summed E-state index contributed by atoms with van der Waals surface area (Å²) in [6.07, 6.45) is 4.47. The first-order chi connectivity index (χ1) is 9.33. The quantitative estimate of drug-likeness (QED) is 0.778. The minimum atomic E-state index is -3.08. The first-order valence-corrected chi connectivity index (χ1v) is 8.98. The minimum absolute atomic E-state index is 0. The fourth-order valence-electron chi connectivity index (χ4n) is 3.16. The molecule has 8 heteroatoms. The van der Waals surface area contributed by atoms with Gasteiger partial charge in [0.05, 0.1) is 11.7 Å². The highest BCUT2D eigenvalue weighted by Crippen LogP contribution is 2.31. The van der Waals surface area contributed by atoms with Gasteiger partial charge < -0.3 is 11.1 Å². The summed E-state index contributed by atoms with van der Waals surface area (Å²) in [6.45, 7) is 3.23. The Bertz CT molecular complexity index is 467. The van der Waals surface area contributed by atoms with Crippen molar-refractivity contribution in [3.63, 3.8) is 0 Å². The van der Waals surface area contributed by atoms with Gasteiger partial charge in [0.1, 0.15) is 0 Å². The van der Waals surface area contributed by atoms with E-state index in [1.807, 2.05) is 6.92 Å². The van der Waals surface area contributed by atoms with Crippen molar-refractivity contribution in [3.8, 4) is 0 Å². The summed E-state index contributed by atoms with van der Waals surface area (Å²) >= 11 is 0. The number of hydrogen-bond acceptors (Lipinski definition) is 4. The van der Waals surface area contributed by atoms with Gasteiger partial charge in [-0.05, 0) is 26.2 Å². The van der Waals surface area contributed by atoms with Crippen LogP contribution < -0.4 is 11.1 Å². The molecule has 0 bridgehead atoms. The highest BCUT2D eigenvalue weighted by molar-refractivity contribution is 7.89. The van der Waals surface area contributed by atoms with Gasteiger partial charge in [0, 0.05) is 25.2 Å². The summed E-state index contributed by atoms with van der Waals surface area (Å²) in [6, 6.07) is 0. The van der Waals surface area contributed by atoms with Gasteiger partial charge in [-0.1, -0.05) is 12.8 Å². The van der Waals surface area contributed by atoms with E-state index in [1.165, 1.54) is 4.31 Å². The standard InChI is InChI=1S/C13H25N3O3S.ClH/c1-13(14)6-3-2-5-11(13)12(17)15-7-9-16-8-4-10-20(16,18)19;/h11H,2-10,14H2,1H3,(H,15,17);1H. The third kappa shape index (κ3) is 4.55. The average molecular weight is 340 g/mol. The van der Waals surface area contributed by atoms with Crippen molar-refractivity contribution in [1.29, 1.82) is 0 Å². The number of nitrogens with zero attached hydrogens (tertiary/aromatic N) is 1. The molecule has 0 radical (unpaired) electrons. The third-order valence-electron chi connectivity index (χ3n) is 4.43. The van der Waals surface area contributed by atoms with Crippen molar-refractivity contribution in [2.45, 2.75) is 44.6 Å². The number of amides is 1. The Kier molecular flexibility index (Phi) is 6.46. The molecule has 124 valence electrons. The lowest BCUT2D eigenvalue weighted by atomic mass is 9.74. The Morgan fingerprint density at radius 1 is 1.38 bits per heavy atom. The number of nitrogens with one attached hydrogen (secondary N) is 1. The molecule has 3 N–H and O–H groups in total. The maximum atomic E-state index is 12.2. The number of rotatable bonds is 4. The first-order valence-electron chi connectivity index (χ1n) is 7.37. The van der Waals surface area contributed by atoms with E-state index in [9.17, 15) is 13.2 Å². The molecule has 0 aromatic rings. The third-order valence-corrected chi connectivity index (χ3v) is 6.39. The van der Waals surface area contributed by atoms with Crippen LogP contribution in [0.15, 0.2) is 0 Å². The van der Waals surface area contributed by atoms with Crippen molar-refractivity contribution in [2.24, 2.45) is 11.7 Å². The lowest BCUT2D eigenvalue weighted by molar-refractivity contribution is -0.128. The molecule has 2 atom stereocenters. The van der Waals surface area contributed by atoms with E-state index in [1.54, 1.807) is 0 Å². The van der Waals surface area contributed by atoms with Gasteiger partial charge in [0.25, 0.3) is 0 Å². The van der Waals surface area contributed by atoms with Gasteiger partial charge in [0.2, 0.25) is 15.9 Å². The van der Waals surface area contributed by atoms with E-state index >= 15 is 0 Å². The second kappa shape index (κ2) is 7.26. The molecule has 0 aromatic heterocycles. The number of sulfonamides is 1. The number of carbonyl (C=O) groups is 1. The Morgan fingerprint density at radius 3 is 2.67 bits per heavy atom. The van der Waals surface area contributed by atoms with Crippen molar-refractivity contribution in [3.05, 3.63) is 0 Å². The van der Waals surface area contributed by atoms with E-state index in [0.29, 0.717) is 26.1 Å². The molecule has 2 rings (SSSR count). The van der Waals surface area contributed by atoms with Crippen LogP contribution in [-0.4, -0.2) is 49.6 Å². The van der Waals surface area contributed by atoms with Gasteiger partial charge in [-0.15, -0.1) is 12.4 Å². The molecule has 2 unspecified atom stereocenters. The molecule has 0 spiro atoms. The van der Waals surface area contributed by atoms with Crippen LogP contribution in [0.1, 0.15) is 39.0 Å². The topological polar surface area (TPSA) is 92.5 Å². The fourth-order valence-corrected chi connectivity index (χ4v) is 4.69. The SMILES string of the molecule is CC1(N)CCCCC1C(=O)NCCN1CCCS1(=O)=O.Cl. The van der Waals surface area contributed by atoms with Gasteiger partial charge in [-0.25, -0.2) is 12.7 Å². The van der Waals surface area contributed by atoms with Crippen LogP contribution in [0.4, 0.5) is 0 Å². The number of carbonyl (C=O) groups excluding carboxylic acids is 1. The maximum Gasteiger partial charge on any atom is 0.225 e. The lowest BCUT2D eigenvalue weighted by Crippen LogP contribution is -2.53. The normalized spacial score (nSPS) is 32.4. The molecule has 0 aromatic carbocycles. The molecule has 6 nitrogen and oxygen atoms in total. The molecule has 2 aliphatic rings. The molecule has 21 heavy (non-hydrogen) atoms. The average Bonchev–Trinajstić information content (AvgIpc) is 2.68. The van der Waals surface area contributed by atoms with E-state index in [2.05, 4.69) is 5.32 Å². The highest BCUT2D eigenvalue weighted by Gasteiger charge is 2.37. The largest absolute Gasteiger partial charge is 0.354 e. The lowest BCUT2D eigenvalue weighted by Gasteiger charge is -2.37. The van der Waals surface area contributed by atoms with E-state index < -0.39 is 15.6 Å². The monoisotopic (exact) mass is 339 g/mol. The van der Waals surface area contributed by atoms with Crippen molar-refractivity contribution in [1.82, 2.24) is 9.62 Å². The van der Waals surface area contributed by atoms with Crippen molar-refractivity contribution < 1.29 is 13.2 Å². The van der Waals surface area contributed by atoms with Crippen LogP contribution in [0.25, 0.3) is 0 Å². The van der Waals surface area contributed by atoms with Crippen LogP contribution in [-0.2, 0) is 14.8 Å². The summed E-state index contributed by atoms with van der Waals surface area (Å²) < 4.78 is 24.7. The number of hydrogen-bond donors (Lipinski definition) is 2. The van der Waals surface area contributed by atoms with Gasteiger partial charge in [-0.2, -0.15) is 0 Å². The van der Waals surface area contributed by atoms with Crippen LogP contribution in [0, 0.1) is 5.92 Å². The van der Waals surface area contributed by atoms with Gasteiger partial charge >= 0.3 is 0 Å². The number of halogens is 1. The summed E-state index contributed by atoms with van der Waals surface area (Å²) in [5, 5.41) is 2.85. The maximum absolute atomic E-state index is 12.2. The van der Waals surface area contributed by atoms with Crippen LogP contribution in [0.5, 0.6) is 0 Å². The Hall–Kier alpha value is -0.370. The molecular weight excluding hydrogens is 314 g/mol. The summed E-state index contributed by atoms with van der Waals surface area (Å²) in [5.41, 5.74) is 5.75. The van der Waals surface area contributed by atoms with Crippen LogP contribution in [0.3, 0.4) is 0 Å². The van der Waals surface area contributed by atoms with E-state index in [4.69, 9.17) is 5.73 Å². The van der Waals surface area contributed by atoms with Crippen molar-refractivity contribution >= 4 is 28.3 Å². The highest BCUT2D eigenvalue weighted by atomic mass is 35.5.